The molecular weight excluding hydrogens is 202 g/mol. The van der Waals surface area contributed by atoms with Crippen LogP contribution >= 0.6 is 0 Å². The maximum absolute atomic E-state index is 9.28. The van der Waals surface area contributed by atoms with Gasteiger partial charge in [0, 0.05) is 19.2 Å². The Balaban J connectivity index is 2.15. The molecule has 1 rings (SSSR count). The van der Waals surface area contributed by atoms with Crippen LogP contribution in [-0.2, 0) is 4.74 Å². The highest BCUT2D eigenvalue weighted by Gasteiger charge is 2.23. The third-order valence-electron chi connectivity index (χ3n) is 3.19. The first-order chi connectivity index (χ1) is 7.53. The molecule has 3 nitrogen and oxygen atoms in total. The number of hydrogen-bond acceptors (Lipinski definition) is 3. The zero-order valence-electron chi connectivity index (χ0n) is 11.0. The number of nitrogens with one attached hydrogen (secondary N) is 1. The van der Waals surface area contributed by atoms with Gasteiger partial charge in [-0.1, -0.05) is 12.8 Å². The summed E-state index contributed by atoms with van der Waals surface area (Å²) in [7, 11) is 0. The summed E-state index contributed by atoms with van der Waals surface area (Å²) in [4.78, 5) is 0. The average molecular weight is 229 g/mol. The van der Waals surface area contributed by atoms with Gasteiger partial charge in [-0.3, -0.25) is 0 Å². The molecule has 0 spiro atoms. The van der Waals surface area contributed by atoms with Crippen LogP contribution in [0.1, 0.15) is 46.5 Å². The van der Waals surface area contributed by atoms with Gasteiger partial charge < -0.3 is 15.2 Å². The lowest BCUT2D eigenvalue weighted by Gasteiger charge is -2.31. The minimum atomic E-state index is -0.0510. The van der Waals surface area contributed by atoms with Crippen LogP contribution in [0.2, 0.25) is 0 Å². The minimum absolute atomic E-state index is 0.0510. The summed E-state index contributed by atoms with van der Waals surface area (Å²) < 4.78 is 5.66. The maximum atomic E-state index is 9.28. The molecule has 0 bridgehead atoms. The molecule has 0 aromatic heterocycles. The molecular formula is C13H27NO2. The number of hydrogen-bond donors (Lipinski definition) is 2. The second-order valence-electron chi connectivity index (χ2n) is 5.75. The van der Waals surface area contributed by atoms with Crippen molar-refractivity contribution in [2.75, 3.05) is 19.8 Å². The van der Waals surface area contributed by atoms with E-state index >= 15 is 0 Å². The van der Waals surface area contributed by atoms with Crippen LogP contribution in [-0.4, -0.2) is 36.5 Å². The smallest absolute Gasteiger partial charge is 0.0599 e. The Kier molecular flexibility index (Phi) is 5.73. The minimum Gasteiger partial charge on any atom is -0.396 e. The molecule has 0 saturated heterocycles. The summed E-state index contributed by atoms with van der Waals surface area (Å²) in [6, 6.07) is 0.488. The fraction of sp³-hybridized carbons (Fsp3) is 1.00. The van der Waals surface area contributed by atoms with Gasteiger partial charge in [-0.15, -0.1) is 0 Å². The van der Waals surface area contributed by atoms with Crippen molar-refractivity contribution < 1.29 is 9.84 Å². The van der Waals surface area contributed by atoms with E-state index in [-0.39, 0.29) is 5.60 Å². The van der Waals surface area contributed by atoms with Crippen molar-refractivity contribution in [2.45, 2.75) is 58.1 Å². The van der Waals surface area contributed by atoms with E-state index in [4.69, 9.17) is 4.74 Å². The van der Waals surface area contributed by atoms with Crippen LogP contribution in [0.15, 0.2) is 0 Å². The van der Waals surface area contributed by atoms with Gasteiger partial charge in [-0.25, -0.2) is 0 Å². The van der Waals surface area contributed by atoms with Crippen LogP contribution in [0.25, 0.3) is 0 Å². The molecule has 2 unspecified atom stereocenters. The molecule has 0 heterocycles. The molecule has 0 radical (unpaired) electrons. The lowest BCUT2D eigenvalue weighted by Crippen LogP contribution is -2.42. The Morgan fingerprint density at radius 3 is 2.56 bits per heavy atom. The molecule has 2 atom stereocenters. The molecule has 0 aromatic rings. The lowest BCUT2D eigenvalue weighted by atomic mass is 9.85. The van der Waals surface area contributed by atoms with Gasteiger partial charge in [0.2, 0.25) is 0 Å². The Labute approximate surface area is 99.6 Å². The van der Waals surface area contributed by atoms with Gasteiger partial charge in [0.15, 0.2) is 0 Å². The number of aliphatic hydroxyl groups is 1. The Morgan fingerprint density at radius 1 is 1.25 bits per heavy atom. The van der Waals surface area contributed by atoms with Crippen molar-refractivity contribution >= 4 is 0 Å². The Hall–Kier alpha value is -0.120. The zero-order chi connectivity index (χ0) is 12.0. The largest absolute Gasteiger partial charge is 0.396 e. The van der Waals surface area contributed by atoms with Gasteiger partial charge in [0.05, 0.1) is 12.2 Å². The fourth-order valence-corrected chi connectivity index (χ4v) is 2.30. The van der Waals surface area contributed by atoms with E-state index < -0.39 is 0 Å². The predicted molar refractivity (Wildman–Crippen MR) is 66.5 cm³/mol. The van der Waals surface area contributed by atoms with Crippen molar-refractivity contribution in [1.82, 2.24) is 5.32 Å². The van der Waals surface area contributed by atoms with E-state index in [9.17, 15) is 5.11 Å². The summed E-state index contributed by atoms with van der Waals surface area (Å²) >= 11 is 0. The topological polar surface area (TPSA) is 41.5 Å². The summed E-state index contributed by atoms with van der Waals surface area (Å²) in [6.07, 6.45) is 4.91. The summed E-state index contributed by atoms with van der Waals surface area (Å²) in [5, 5.41) is 12.8. The van der Waals surface area contributed by atoms with E-state index in [1.165, 1.54) is 19.3 Å². The van der Waals surface area contributed by atoms with Crippen molar-refractivity contribution in [3.8, 4) is 0 Å². The quantitative estimate of drug-likeness (QED) is 0.708. The molecule has 16 heavy (non-hydrogen) atoms. The summed E-state index contributed by atoms with van der Waals surface area (Å²) in [5.41, 5.74) is -0.0510. The van der Waals surface area contributed by atoms with Gasteiger partial charge in [-0.2, -0.15) is 0 Å². The van der Waals surface area contributed by atoms with Crippen LogP contribution in [0.3, 0.4) is 0 Å². The highest BCUT2D eigenvalue weighted by Crippen LogP contribution is 2.23. The highest BCUT2D eigenvalue weighted by atomic mass is 16.5. The van der Waals surface area contributed by atoms with E-state index in [1.54, 1.807) is 0 Å². The normalized spacial score (nSPS) is 27.0. The lowest BCUT2D eigenvalue weighted by molar-refractivity contribution is -0.00324. The standard InChI is InChI=1S/C13H27NO2/c1-13(2,3)16-9-8-14-12-7-5-4-6-11(12)10-15/h11-12,14-15H,4-10H2,1-3H3. The first kappa shape index (κ1) is 13.9. The molecule has 1 aliphatic carbocycles. The van der Waals surface area contributed by atoms with E-state index in [0.29, 0.717) is 18.6 Å². The van der Waals surface area contributed by atoms with Gasteiger partial charge in [0.25, 0.3) is 0 Å². The second-order valence-corrected chi connectivity index (χ2v) is 5.75. The number of ether oxygens (including phenoxy) is 1. The average Bonchev–Trinajstić information content (AvgIpc) is 2.23. The van der Waals surface area contributed by atoms with Crippen LogP contribution < -0.4 is 5.32 Å². The summed E-state index contributed by atoms with van der Waals surface area (Å²) in [5.74, 6) is 0.448. The maximum Gasteiger partial charge on any atom is 0.0599 e. The molecule has 0 aliphatic heterocycles. The third-order valence-corrected chi connectivity index (χ3v) is 3.19. The first-order valence-electron chi connectivity index (χ1n) is 6.51. The molecule has 1 fully saturated rings. The van der Waals surface area contributed by atoms with Crippen LogP contribution in [0, 0.1) is 5.92 Å². The third kappa shape index (κ3) is 5.28. The van der Waals surface area contributed by atoms with Crippen LogP contribution in [0.5, 0.6) is 0 Å². The molecule has 0 amide bonds. The molecule has 1 aliphatic rings. The van der Waals surface area contributed by atoms with Gasteiger partial charge in [-0.05, 0) is 39.5 Å². The summed E-state index contributed by atoms with van der Waals surface area (Å²) in [6.45, 7) is 8.17. The highest BCUT2D eigenvalue weighted by molar-refractivity contribution is 4.80. The number of rotatable bonds is 5. The Morgan fingerprint density at radius 2 is 1.94 bits per heavy atom. The fourth-order valence-electron chi connectivity index (χ4n) is 2.30. The molecule has 1 saturated carbocycles. The first-order valence-corrected chi connectivity index (χ1v) is 6.51. The predicted octanol–water partition coefficient (Wildman–Crippen LogP) is 1.94. The molecule has 2 N–H and O–H groups in total. The van der Waals surface area contributed by atoms with Gasteiger partial charge in [0.1, 0.15) is 0 Å². The Bertz CT molecular complexity index is 189. The van der Waals surface area contributed by atoms with E-state index in [2.05, 4.69) is 26.1 Å². The van der Waals surface area contributed by atoms with E-state index in [1.807, 2.05) is 0 Å². The second kappa shape index (κ2) is 6.58. The molecule has 0 aromatic carbocycles. The number of aliphatic hydroxyl groups excluding tert-OH is 1. The van der Waals surface area contributed by atoms with Gasteiger partial charge >= 0.3 is 0 Å². The van der Waals surface area contributed by atoms with Crippen molar-refractivity contribution in [1.29, 1.82) is 0 Å². The monoisotopic (exact) mass is 229 g/mol. The molecule has 3 heteroatoms. The van der Waals surface area contributed by atoms with Crippen LogP contribution in [0.4, 0.5) is 0 Å². The van der Waals surface area contributed by atoms with Crippen molar-refractivity contribution in [3.63, 3.8) is 0 Å². The molecule has 96 valence electrons. The SMILES string of the molecule is CC(C)(C)OCCNC1CCCCC1CO. The van der Waals surface area contributed by atoms with Crippen molar-refractivity contribution in [2.24, 2.45) is 5.92 Å². The zero-order valence-corrected chi connectivity index (χ0v) is 11.0. The van der Waals surface area contributed by atoms with Crippen molar-refractivity contribution in [3.05, 3.63) is 0 Å². The van der Waals surface area contributed by atoms with E-state index in [0.717, 1.165) is 19.6 Å².